The fourth-order valence-corrected chi connectivity index (χ4v) is 5.95. The maximum atomic E-state index is 13.9. The van der Waals surface area contributed by atoms with Gasteiger partial charge in [-0.05, 0) is 67.4 Å². The van der Waals surface area contributed by atoms with E-state index < -0.39 is 15.6 Å². The van der Waals surface area contributed by atoms with Gasteiger partial charge in [0, 0.05) is 25.0 Å². The second-order valence-electron chi connectivity index (χ2n) is 7.71. The number of aromatic nitrogens is 1. The smallest absolute Gasteiger partial charge is 0.243 e. The molecule has 2 aliphatic heterocycles. The Morgan fingerprint density at radius 3 is 2.50 bits per heavy atom. The van der Waals surface area contributed by atoms with Gasteiger partial charge < -0.3 is 14.6 Å². The summed E-state index contributed by atoms with van der Waals surface area (Å²) in [5, 5.41) is 3.52. The van der Waals surface area contributed by atoms with Crippen molar-refractivity contribution in [2.24, 2.45) is 0 Å². The number of sulfonamides is 1. The third-order valence-electron chi connectivity index (χ3n) is 6.10. The van der Waals surface area contributed by atoms with Gasteiger partial charge in [-0.25, -0.2) is 12.8 Å². The Morgan fingerprint density at radius 2 is 1.80 bits per heavy atom. The number of anilines is 1. The Bertz CT molecular complexity index is 1200. The van der Waals surface area contributed by atoms with Crippen LogP contribution in [0.15, 0.2) is 65.7 Å². The van der Waals surface area contributed by atoms with Gasteiger partial charge in [-0.1, -0.05) is 0 Å². The second kappa shape index (κ2) is 6.85. The topological polar surface area (TPSA) is 63.6 Å². The molecule has 3 heterocycles. The van der Waals surface area contributed by atoms with Crippen LogP contribution >= 0.6 is 0 Å². The van der Waals surface area contributed by atoms with Gasteiger partial charge in [0.2, 0.25) is 10.0 Å². The first-order chi connectivity index (χ1) is 14.4. The second-order valence-corrected chi connectivity index (χ2v) is 9.65. The van der Waals surface area contributed by atoms with Crippen molar-refractivity contribution >= 4 is 15.7 Å². The molecule has 2 aromatic carbocycles. The first-order valence-corrected chi connectivity index (χ1v) is 11.3. The third kappa shape index (κ3) is 2.90. The maximum absolute atomic E-state index is 13.9. The average molecular weight is 428 g/mol. The van der Waals surface area contributed by atoms with Crippen LogP contribution < -0.4 is 10.1 Å². The van der Waals surface area contributed by atoms with E-state index in [1.807, 2.05) is 18.3 Å². The summed E-state index contributed by atoms with van der Waals surface area (Å²) in [7, 11) is -2.04. The number of rotatable bonds is 3. The Morgan fingerprint density at radius 1 is 1.07 bits per heavy atom. The van der Waals surface area contributed by atoms with Crippen molar-refractivity contribution in [1.29, 1.82) is 0 Å². The van der Waals surface area contributed by atoms with E-state index in [0.717, 1.165) is 17.1 Å². The van der Waals surface area contributed by atoms with E-state index >= 15 is 0 Å². The van der Waals surface area contributed by atoms with E-state index in [1.54, 1.807) is 37.4 Å². The maximum Gasteiger partial charge on any atom is 0.243 e. The summed E-state index contributed by atoms with van der Waals surface area (Å²) in [4.78, 5) is 0.256. The highest BCUT2D eigenvalue weighted by Crippen LogP contribution is 2.44. The van der Waals surface area contributed by atoms with E-state index in [0.29, 0.717) is 31.7 Å². The molecule has 0 saturated carbocycles. The van der Waals surface area contributed by atoms with Gasteiger partial charge >= 0.3 is 0 Å². The average Bonchev–Trinajstić information content (AvgIpc) is 3.25. The van der Waals surface area contributed by atoms with Gasteiger partial charge in [0.25, 0.3) is 0 Å². The predicted octanol–water partition coefficient (Wildman–Crippen LogP) is 3.73. The van der Waals surface area contributed by atoms with Crippen LogP contribution in [0.1, 0.15) is 18.5 Å². The number of fused-ring (bicyclic) bond motifs is 4. The van der Waals surface area contributed by atoms with Gasteiger partial charge in [-0.2, -0.15) is 4.31 Å². The Hall–Kier alpha value is -2.84. The molecule has 8 heteroatoms. The fraction of sp³-hybridized carbons (Fsp3) is 0.273. The first kappa shape index (κ1) is 19.1. The summed E-state index contributed by atoms with van der Waals surface area (Å²) in [5.41, 5.74) is 2.26. The lowest BCUT2D eigenvalue weighted by Crippen LogP contribution is -2.51. The molecule has 1 fully saturated rings. The molecule has 1 spiro atoms. The zero-order valence-corrected chi connectivity index (χ0v) is 17.3. The molecule has 30 heavy (non-hydrogen) atoms. The number of nitrogens with one attached hydrogen (secondary N) is 1. The Labute approximate surface area is 174 Å². The molecule has 0 atom stereocenters. The van der Waals surface area contributed by atoms with Gasteiger partial charge in [0.1, 0.15) is 11.6 Å². The lowest BCUT2D eigenvalue weighted by Gasteiger charge is -2.45. The van der Waals surface area contributed by atoms with E-state index in [9.17, 15) is 12.8 Å². The van der Waals surface area contributed by atoms with Crippen molar-refractivity contribution in [2.45, 2.75) is 23.3 Å². The van der Waals surface area contributed by atoms with Crippen LogP contribution in [0.3, 0.4) is 0 Å². The molecule has 0 amide bonds. The molecular weight excluding hydrogens is 405 g/mol. The molecule has 1 N–H and O–H groups in total. The minimum Gasteiger partial charge on any atom is -0.497 e. The number of halogens is 1. The molecule has 0 bridgehead atoms. The van der Waals surface area contributed by atoms with Crippen molar-refractivity contribution in [3.63, 3.8) is 0 Å². The SMILES string of the molecule is COc1ccc(S(=O)(=O)N2CCC3(CC2)Nc2cc(F)ccc2-n2cccc23)cc1. The predicted molar refractivity (Wildman–Crippen MR) is 112 cm³/mol. The van der Waals surface area contributed by atoms with Crippen molar-refractivity contribution < 1.29 is 17.5 Å². The van der Waals surface area contributed by atoms with Crippen molar-refractivity contribution in [2.75, 3.05) is 25.5 Å². The number of nitrogens with zero attached hydrogens (tertiary/aromatic N) is 2. The summed E-state index contributed by atoms with van der Waals surface area (Å²) in [6.07, 6.45) is 3.14. The summed E-state index contributed by atoms with van der Waals surface area (Å²) in [5.74, 6) is 0.316. The fourth-order valence-electron chi connectivity index (χ4n) is 4.51. The zero-order valence-electron chi connectivity index (χ0n) is 16.5. The highest BCUT2D eigenvalue weighted by Gasteiger charge is 2.43. The third-order valence-corrected chi connectivity index (χ3v) is 8.02. The van der Waals surface area contributed by atoms with Gasteiger partial charge in [0.05, 0.1) is 28.9 Å². The van der Waals surface area contributed by atoms with E-state index in [1.165, 1.54) is 16.4 Å². The summed E-state index contributed by atoms with van der Waals surface area (Å²) >= 11 is 0. The molecule has 5 rings (SSSR count). The summed E-state index contributed by atoms with van der Waals surface area (Å²) in [6.45, 7) is 0.744. The van der Waals surface area contributed by atoms with Crippen LogP contribution in [-0.4, -0.2) is 37.5 Å². The van der Waals surface area contributed by atoms with Crippen LogP contribution in [0.4, 0.5) is 10.1 Å². The quantitative estimate of drug-likeness (QED) is 0.692. The van der Waals surface area contributed by atoms with Gasteiger partial charge in [-0.15, -0.1) is 0 Å². The minimum absolute atomic E-state index is 0.256. The first-order valence-electron chi connectivity index (χ1n) is 9.83. The lowest BCUT2D eigenvalue weighted by atomic mass is 9.83. The largest absolute Gasteiger partial charge is 0.497 e. The number of piperidine rings is 1. The van der Waals surface area contributed by atoms with Crippen LogP contribution in [0, 0.1) is 5.82 Å². The Balaban J connectivity index is 1.43. The lowest BCUT2D eigenvalue weighted by molar-refractivity contribution is 0.247. The van der Waals surface area contributed by atoms with E-state index in [4.69, 9.17) is 4.74 Å². The molecule has 2 aliphatic rings. The molecule has 156 valence electrons. The summed E-state index contributed by atoms with van der Waals surface area (Å²) < 4.78 is 48.8. The number of benzene rings is 2. The molecule has 6 nitrogen and oxygen atoms in total. The molecule has 0 radical (unpaired) electrons. The normalized spacial score (nSPS) is 17.8. The standard InChI is InChI=1S/C22H22FN3O3S/c1-29-17-5-7-18(8-6-17)30(27,28)25-13-10-22(11-14-25)21-3-2-12-26(21)20-9-4-16(23)15-19(20)24-22/h2-9,12,15,24H,10-11,13-14H2,1H3. The zero-order chi connectivity index (χ0) is 20.9. The van der Waals surface area contributed by atoms with Gasteiger partial charge in [0.15, 0.2) is 0 Å². The molecule has 0 aliphatic carbocycles. The van der Waals surface area contributed by atoms with Crippen LogP contribution in [-0.2, 0) is 15.6 Å². The van der Waals surface area contributed by atoms with Crippen LogP contribution in [0.5, 0.6) is 5.75 Å². The molecule has 0 unspecified atom stereocenters. The number of hydrogen-bond donors (Lipinski definition) is 1. The molecule has 1 saturated heterocycles. The molecule has 3 aromatic rings. The van der Waals surface area contributed by atoms with Gasteiger partial charge in [-0.3, -0.25) is 0 Å². The highest BCUT2D eigenvalue weighted by atomic mass is 32.2. The van der Waals surface area contributed by atoms with Crippen LogP contribution in [0.2, 0.25) is 0 Å². The van der Waals surface area contributed by atoms with Crippen molar-refractivity contribution in [3.8, 4) is 11.4 Å². The van der Waals surface area contributed by atoms with E-state index in [2.05, 4.69) is 9.88 Å². The molecule has 1 aromatic heterocycles. The molecular formula is C22H22FN3O3S. The number of methoxy groups -OCH3 is 1. The van der Waals surface area contributed by atoms with Crippen molar-refractivity contribution in [3.05, 3.63) is 72.3 Å². The van der Waals surface area contributed by atoms with Crippen molar-refractivity contribution in [1.82, 2.24) is 8.87 Å². The Kier molecular flexibility index (Phi) is 4.37. The minimum atomic E-state index is -3.59. The highest BCUT2D eigenvalue weighted by molar-refractivity contribution is 7.89. The summed E-state index contributed by atoms with van der Waals surface area (Å²) in [6, 6.07) is 15.2. The number of ether oxygens (including phenoxy) is 1. The number of hydrogen-bond acceptors (Lipinski definition) is 4. The monoisotopic (exact) mass is 427 g/mol. The van der Waals surface area contributed by atoms with E-state index in [-0.39, 0.29) is 10.7 Å². The van der Waals surface area contributed by atoms with Crippen LogP contribution in [0.25, 0.3) is 5.69 Å².